The van der Waals surface area contributed by atoms with Crippen LogP contribution in [0.5, 0.6) is 0 Å². The molecule has 0 aliphatic heterocycles. The van der Waals surface area contributed by atoms with Crippen LogP contribution in [0.3, 0.4) is 0 Å². The number of rotatable bonds is 9. The highest BCUT2D eigenvalue weighted by Crippen LogP contribution is 2.09. The molecule has 0 aromatic carbocycles. The van der Waals surface area contributed by atoms with Crippen molar-refractivity contribution in [3.05, 3.63) is 0 Å². The summed E-state index contributed by atoms with van der Waals surface area (Å²) in [5.74, 6) is 1.06. The van der Waals surface area contributed by atoms with Crippen LogP contribution >= 0.6 is 11.8 Å². The molecule has 0 spiro atoms. The van der Waals surface area contributed by atoms with Crippen molar-refractivity contribution >= 4 is 21.8 Å². The second kappa shape index (κ2) is 8.34. The van der Waals surface area contributed by atoms with Crippen LogP contribution in [0, 0.1) is 0 Å². The summed E-state index contributed by atoms with van der Waals surface area (Å²) in [5.41, 5.74) is 0. The molecule has 0 heterocycles. The van der Waals surface area contributed by atoms with E-state index in [1.807, 2.05) is 13.2 Å². The third-order valence-electron chi connectivity index (χ3n) is 2.60. The highest BCUT2D eigenvalue weighted by Gasteiger charge is 2.22. The van der Waals surface area contributed by atoms with E-state index in [0.29, 0.717) is 12.5 Å². The second-order valence-electron chi connectivity index (χ2n) is 4.60. The fourth-order valence-corrected chi connectivity index (χ4v) is 3.63. The molecule has 0 radical (unpaired) electrons. The van der Waals surface area contributed by atoms with Gasteiger partial charge in [-0.3, -0.25) is 0 Å². The SMILES string of the molecule is CSCC(C)N(C)S(=O)(=O)CCCNC(C)C. The van der Waals surface area contributed by atoms with Crippen LogP contribution in [0.4, 0.5) is 0 Å². The Kier molecular flexibility index (Phi) is 8.45. The molecule has 1 atom stereocenters. The van der Waals surface area contributed by atoms with Gasteiger partial charge in [-0.2, -0.15) is 11.8 Å². The number of thioether (sulfide) groups is 1. The van der Waals surface area contributed by atoms with Crippen LogP contribution in [0.15, 0.2) is 0 Å². The lowest BCUT2D eigenvalue weighted by Gasteiger charge is -2.23. The smallest absolute Gasteiger partial charge is 0.214 e. The first-order valence-electron chi connectivity index (χ1n) is 5.99. The topological polar surface area (TPSA) is 49.4 Å². The van der Waals surface area contributed by atoms with Gasteiger partial charge in [-0.1, -0.05) is 13.8 Å². The zero-order valence-electron chi connectivity index (χ0n) is 11.6. The molecule has 104 valence electrons. The maximum absolute atomic E-state index is 12.0. The lowest BCUT2D eigenvalue weighted by atomic mass is 10.4. The number of nitrogens with zero attached hydrogens (tertiary/aromatic N) is 1. The Balaban J connectivity index is 4.10. The summed E-state index contributed by atoms with van der Waals surface area (Å²) in [5, 5.41) is 3.22. The Morgan fingerprint density at radius 3 is 2.35 bits per heavy atom. The van der Waals surface area contributed by atoms with Gasteiger partial charge in [0.2, 0.25) is 10.0 Å². The Bertz CT molecular complexity index is 292. The third kappa shape index (κ3) is 7.28. The van der Waals surface area contributed by atoms with E-state index < -0.39 is 10.0 Å². The molecule has 17 heavy (non-hydrogen) atoms. The highest BCUT2D eigenvalue weighted by atomic mass is 32.2. The van der Waals surface area contributed by atoms with Crippen LogP contribution in [0.25, 0.3) is 0 Å². The average Bonchev–Trinajstić information content (AvgIpc) is 2.23. The van der Waals surface area contributed by atoms with Crippen molar-refractivity contribution in [2.45, 2.75) is 39.3 Å². The molecule has 0 aliphatic carbocycles. The standard InChI is InChI=1S/C11H26N2O2S2/c1-10(2)12-7-6-8-17(14,15)13(4)11(3)9-16-5/h10-12H,6-9H2,1-5H3. The molecule has 0 saturated carbocycles. The first-order valence-corrected chi connectivity index (χ1v) is 8.99. The summed E-state index contributed by atoms with van der Waals surface area (Å²) in [6, 6.07) is 0.471. The van der Waals surface area contributed by atoms with E-state index in [9.17, 15) is 8.42 Å². The van der Waals surface area contributed by atoms with E-state index in [4.69, 9.17) is 0 Å². The van der Waals surface area contributed by atoms with Gasteiger partial charge in [0.05, 0.1) is 5.75 Å². The molecular weight excluding hydrogens is 256 g/mol. The van der Waals surface area contributed by atoms with Crippen LogP contribution in [0.2, 0.25) is 0 Å². The van der Waals surface area contributed by atoms with E-state index in [1.54, 1.807) is 18.8 Å². The van der Waals surface area contributed by atoms with E-state index in [0.717, 1.165) is 12.3 Å². The molecule has 0 aromatic rings. The Hall–Kier alpha value is 0.220. The van der Waals surface area contributed by atoms with Crippen LogP contribution in [-0.4, -0.2) is 56.2 Å². The maximum atomic E-state index is 12.0. The highest BCUT2D eigenvalue weighted by molar-refractivity contribution is 7.98. The van der Waals surface area contributed by atoms with Gasteiger partial charge in [0.1, 0.15) is 0 Å². The zero-order valence-corrected chi connectivity index (χ0v) is 13.2. The quantitative estimate of drug-likeness (QED) is 0.649. The van der Waals surface area contributed by atoms with Crippen molar-refractivity contribution in [2.75, 3.05) is 31.4 Å². The van der Waals surface area contributed by atoms with Crippen molar-refractivity contribution in [1.29, 1.82) is 0 Å². The molecule has 1 N–H and O–H groups in total. The molecular formula is C11H26N2O2S2. The van der Waals surface area contributed by atoms with Gasteiger partial charge < -0.3 is 5.32 Å². The lowest BCUT2D eigenvalue weighted by Crippen LogP contribution is -2.38. The minimum Gasteiger partial charge on any atom is -0.314 e. The molecule has 0 aromatic heterocycles. The summed E-state index contributed by atoms with van der Waals surface area (Å²) >= 11 is 1.67. The van der Waals surface area contributed by atoms with Crippen molar-refractivity contribution < 1.29 is 8.42 Å². The zero-order chi connectivity index (χ0) is 13.5. The Morgan fingerprint density at radius 2 is 1.88 bits per heavy atom. The normalized spacial score (nSPS) is 14.5. The van der Waals surface area contributed by atoms with Gasteiger partial charge in [-0.05, 0) is 26.1 Å². The van der Waals surface area contributed by atoms with Crippen molar-refractivity contribution in [3.63, 3.8) is 0 Å². The van der Waals surface area contributed by atoms with Gasteiger partial charge in [0.15, 0.2) is 0 Å². The molecule has 0 rings (SSSR count). The molecule has 0 aliphatic rings. The van der Waals surface area contributed by atoms with Crippen LogP contribution in [0.1, 0.15) is 27.2 Å². The Morgan fingerprint density at radius 1 is 1.29 bits per heavy atom. The van der Waals surface area contributed by atoms with Gasteiger partial charge in [-0.15, -0.1) is 0 Å². The average molecular weight is 282 g/mol. The molecule has 0 fully saturated rings. The molecule has 1 unspecified atom stereocenters. The molecule has 0 saturated heterocycles. The first-order chi connectivity index (χ1) is 7.81. The van der Waals surface area contributed by atoms with Crippen molar-refractivity contribution in [3.8, 4) is 0 Å². The van der Waals surface area contributed by atoms with E-state index in [2.05, 4.69) is 19.2 Å². The summed E-state index contributed by atoms with van der Waals surface area (Å²) in [6.45, 7) is 6.81. The summed E-state index contributed by atoms with van der Waals surface area (Å²) < 4.78 is 25.5. The van der Waals surface area contributed by atoms with Crippen LogP contribution in [-0.2, 0) is 10.0 Å². The van der Waals surface area contributed by atoms with E-state index in [-0.39, 0.29) is 11.8 Å². The molecule has 0 amide bonds. The van der Waals surface area contributed by atoms with Gasteiger partial charge >= 0.3 is 0 Å². The first kappa shape index (κ1) is 17.2. The van der Waals surface area contributed by atoms with Gasteiger partial charge in [0, 0.05) is 24.9 Å². The Labute approximate surface area is 111 Å². The predicted molar refractivity (Wildman–Crippen MR) is 77.1 cm³/mol. The maximum Gasteiger partial charge on any atom is 0.214 e. The largest absolute Gasteiger partial charge is 0.314 e. The second-order valence-corrected chi connectivity index (χ2v) is 7.66. The van der Waals surface area contributed by atoms with Crippen LogP contribution < -0.4 is 5.32 Å². The number of nitrogens with one attached hydrogen (secondary N) is 1. The minimum absolute atomic E-state index is 0.0630. The molecule has 0 bridgehead atoms. The summed E-state index contributed by atoms with van der Waals surface area (Å²) in [6.07, 6.45) is 2.65. The fourth-order valence-electron chi connectivity index (χ4n) is 1.41. The minimum atomic E-state index is -3.10. The number of hydrogen-bond acceptors (Lipinski definition) is 4. The van der Waals surface area contributed by atoms with Crippen molar-refractivity contribution in [1.82, 2.24) is 9.62 Å². The number of sulfonamides is 1. The van der Waals surface area contributed by atoms with Crippen molar-refractivity contribution in [2.24, 2.45) is 0 Å². The lowest BCUT2D eigenvalue weighted by molar-refractivity contribution is 0.413. The number of hydrogen-bond donors (Lipinski definition) is 1. The fraction of sp³-hybridized carbons (Fsp3) is 1.00. The van der Waals surface area contributed by atoms with Gasteiger partial charge in [0.25, 0.3) is 0 Å². The van der Waals surface area contributed by atoms with Gasteiger partial charge in [-0.25, -0.2) is 12.7 Å². The molecule has 6 heteroatoms. The summed E-state index contributed by atoms with van der Waals surface area (Å²) in [7, 11) is -1.43. The molecule has 4 nitrogen and oxygen atoms in total. The van der Waals surface area contributed by atoms with E-state index in [1.165, 1.54) is 4.31 Å². The van der Waals surface area contributed by atoms with E-state index >= 15 is 0 Å². The third-order valence-corrected chi connectivity index (χ3v) is 5.46. The predicted octanol–water partition coefficient (Wildman–Crippen LogP) is 1.39. The monoisotopic (exact) mass is 282 g/mol. The summed E-state index contributed by atoms with van der Waals surface area (Å²) in [4.78, 5) is 0.